The van der Waals surface area contributed by atoms with Crippen molar-refractivity contribution in [2.24, 2.45) is 17.8 Å². The van der Waals surface area contributed by atoms with Crippen molar-refractivity contribution in [1.82, 2.24) is 5.32 Å². The summed E-state index contributed by atoms with van der Waals surface area (Å²) < 4.78 is 0. The van der Waals surface area contributed by atoms with Crippen molar-refractivity contribution >= 4 is 5.91 Å². The third-order valence-corrected chi connectivity index (χ3v) is 4.75. The van der Waals surface area contributed by atoms with Gasteiger partial charge in [0.2, 0.25) is 5.91 Å². The number of carbonyl (C=O) groups is 1. The Kier molecular flexibility index (Phi) is 2.66. The van der Waals surface area contributed by atoms with Gasteiger partial charge in [0.1, 0.15) is 0 Å². The molecule has 3 nitrogen and oxygen atoms in total. The SMILES string of the molecule is O=C(NC1CCC(O)CC1)C1C2CCCC21. The molecule has 3 fully saturated rings. The fourth-order valence-corrected chi connectivity index (χ4v) is 3.73. The summed E-state index contributed by atoms with van der Waals surface area (Å²) >= 11 is 0. The van der Waals surface area contributed by atoms with Crippen molar-refractivity contribution in [3.8, 4) is 0 Å². The van der Waals surface area contributed by atoms with Crippen molar-refractivity contribution in [2.45, 2.75) is 57.1 Å². The van der Waals surface area contributed by atoms with E-state index in [-0.39, 0.29) is 6.10 Å². The standard InChI is InChI=1S/C13H21NO2/c15-9-6-4-8(5-7-9)14-13(16)12-10-2-1-3-11(10)12/h8-12,15H,1-7H2,(H,14,16). The first kappa shape index (κ1) is 10.6. The first-order valence-corrected chi connectivity index (χ1v) is 6.74. The highest BCUT2D eigenvalue weighted by molar-refractivity contribution is 5.82. The van der Waals surface area contributed by atoms with Crippen molar-refractivity contribution in [1.29, 1.82) is 0 Å². The molecule has 3 aliphatic carbocycles. The average Bonchev–Trinajstić information content (AvgIpc) is 2.76. The Labute approximate surface area is 96.6 Å². The highest BCUT2D eigenvalue weighted by Gasteiger charge is 2.56. The lowest BCUT2D eigenvalue weighted by atomic mass is 9.93. The normalized spacial score (nSPS) is 46.2. The molecule has 3 aliphatic rings. The minimum Gasteiger partial charge on any atom is -0.393 e. The van der Waals surface area contributed by atoms with E-state index >= 15 is 0 Å². The molecule has 0 aliphatic heterocycles. The molecular weight excluding hydrogens is 202 g/mol. The van der Waals surface area contributed by atoms with Crippen LogP contribution in [-0.4, -0.2) is 23.2 Å². The van der Waals surface area contributed by atoms with E-state index in [9.17, 15) is 9.90 Å². The maximum absolute atomic E-state index is 12.0. The Hall–Kier alpha value is -0.570. The second kappa shape index (κ2) is 4.02. The molecule has 0 aromatic heterocycles. The molecule has 3 heteroatoms. The summed E-state index contributed by atoms with van der Waals surface area (Å²) in [6.07, 6.45) is 7.34. The van der Waals surface area contributed by atoms with E-state index in [1.165, 1.54) is 19.3 Å². The highest BCUT2D eigenvalue weighted by atomic mass is 16.3. The molecule has 0 spiro atoms. The number of hydrogen-bond acceptors (Lipinski definition) is 2. The van der Waals surface area contributed by atoms with E-state index in [2.05, 4.69) is 5.32 Å². The maximum atomic E-state index is 12.0. The van der Waals surface area contributed by atoms with E-state index in [1.54, 1.807) is 0 Å². The molecule has 0 aromatic carbocycles. The van der Waals surface area contributed by atoms with Crippen LogP contribution in [0.1, 0.15) is 44.9 Å². The predicted octanol–water partition coefficient (Wildman–Crippen LogP) is 1.45. The highest BCUT2D eigenvalue weighted by Crippen LogP contribution is 2.57. The smallest absolute Gasteiger partial charge is 0.223 e. The quantitative estimate of drug-likeness (QED) is 0.744. The van der Waals surface area contributed by atoms with Crippen LogP contribution in [0.5, 0.6) is 0 Å². The molecule has 3 rings (SSSR count). The van der Waals surface area contributed by atoms with Crippen molar-refractivity contribution < 1.29 is 9.90 Å². The number of rotatable bonds is 2. The van der Waals surface area contributed by atoms with Gasteiger partial charge in [0.05, 0.1) is 6.10 Å². The Balaban J connectivity index is 1.47. The molecule has 3 saturated carbocycles. The Morgan fingerprint density at radius 2 is 1.62 bits per heavy atom. The number of hydrogen-bond donors (Lipinski definition) is 2. The lowest BCUT2D eigenvalue weighted by Crippen LogP contribution is -2.40. The van der Waals surface area contributed by atoms with Crippen LogP contribution < -0.4 is 5.32 Å². The summed E-state index contributed by atoms with van der Waals surface area (Å²) in [4.78, 5) is 12.0. The molecular formula is C13H21NO2. The zero-order chi connectivity index (χ0) is 11.1. The van der Waals surface area contributed by atoms with Gasteiger partial charge in [-0.2, -0.15) is 0 Å². The van der Waals surface area contributed by atoms with Crippen LogP contribution in [0, 0.1) is 17.8 Å². The monoisotopic (exact) mass is 223 g/mol. The van der Waals surface area contributed by atoms with Crippen LogP contribution in [0.15, 0.2) is 0 Å². The molecule has 90 valence electrons. The van der Waals surface area contributed by atoms with Gasteiger partial charge in [-0.05, 0) is 50.4 Å². The van der Waals surface area contributed by atoms with Crippen LogP contribution in [0.3, 0.4) is 0 Å². The van der Waals surface area contributed by atoms with Gasteiger partial charge >= 0.3 is 0 Å². The number of aliphatic hydroxyl groups is 1. The third kappa shape index (κ3) is 1.86. The van der Waals surface area contributed by atoms with Crippen LogP contribution in [0.25, 0.3) is 0 Å². The number of nitrogens with one attached hydrogen (secondary N) is 1. The van der Waals surface area contributed by atoms with E-state index in [0.717, 1.165) is 25.7 Å². The lowest BCUT2D eigenvalue weighted by molar-refractivity contribution is -0.124. The van der Waals surface area contributed by atoms with Crippen LogP contribution in [-0.2, 0) is 4.79 Å². The molecule has 0 aromatic rings. The second-order valence-electron chi connectivity index (χ2n) is 5.80. The fourth-order valence-electron chi connectivity index (χ4n) is 3.73. The summed E-state index contributed by atoms with van der Waals surface area (Å²) in [5.74, 6) is 2.08. The summed E-state index contributed by atoms with van der Waals surface area (Å²) in [6, 6.07) is 0.331. The molecule has 1 amide bonds. The van der Waals surface area contributed by atoms with E-state index in [0.29, 0.717) is 29.7 Å². The first-order chi connectivity index (χ1) is 7.75. The topological polar surface area (TPSA) is 49.3 Å². The molecule has 0 bridgehead atoms. The number of fused-ring (bicyclic) bond motifs is 1. The zero-order valence-electron chi connectivity index (χ0n) is 9.69. The van der Waals surface area contributed by atoms with E-state index in [1.807, 2.05) is 0 Å². The minimum atomic E-state index is -0.131. The van der Waals surface area contributed by atoms with Gasteiger partial charge in [0.15, 0.2) is 0 Å². The molecule has 0 heterocycles. The zero-order valence-corrected chi connectivity index (χ0v) is 9.69. The predicted molar refractivity (Wildman–Crippen MR) is 60.7 cm³/mol. The first-order valence-electron chi connectivity index (χ1n) is 6.74. The third-order valence-electron chi connectivity index (χ3n) is 4.75. The van der Waals surface area contributed by atoms with E-state index in [4.69, 9.17) is 0 Å². The lowest BCUT2D eigenvalue weighted by Gasteiger charge is -2.26. The van der Waals surface area contributed by atoms with Gasteiger partial charge in [-0.15, -0.1) is 0 Å². The number of aliphatic hydroxyl groups excluding tert-OH is 1. The van der Waals surface area contributed by atoms with Crippen molar-refractivity contribution in [3.63, 3.8) is 0 Å². The number of amides is 1. The number of carbonyl (C=O) groups excluding carboxylic acids is 1. The summed E-state index contributed by atoms with van der Waals surface area (Å²) in [7, 11) is 0. The van der Waals surface area contributed by atoms with Crippen molar-refractivity contribution in [3.05, 3.63) is 0 Å². The fraction of sp³-hybridized carbons (Fsp3) is 0.923. The molecule has 2 atom stereocenters. The Morgan fingerprint density at radius 1 is 1.00 bits per heavy atom. The van der Waals surface area contributed by atoms with Gasteiger partial charge in [-0.1, -0.05) is 6.42 Å². The summed E-state index contributed by atoms with van der Waals surface area (Å²) in [5.41, 5.74) is 0. The van der Waals surface area contributed by atoms with Crippen molar-refractivity contribution in [2.75, 3.05) is 0 Å². The molecule has 2 unspecified atom stereocenters. The molecule has 0 saturated heterocycles. The van der Waals surface area contributed by atoms with Gasteiger partial charge in [0, 0.05) is 12.0 Å². The Bertz CT molecular complexity index is 274. The second-order valence-corrected chi connectivity index (χ2v) is 5.80. The van der Waals surface area contributed by atoms with E-state index < -0.39 is 0 Å². The maximum Gasteiger partial charge on any atom is 0.223 e. The molecule has 16 heavy (non-hydrogen) atoms. The largest absolute Gasteiger partial charge is 0.393 e. The van der Waals surface area contributed by atoms with Crippen LogP contribution in [0.4, 0.5) is 0 Å². The Morgan fingerprint density at radius 3 is 2.25 bits per heavy atom. The summed E-state index contributed by atoms with van der Waals surface area (Å²) in [5, 5.41) is 12.6. The van der Waals surface area contributed by atoms with Gasteiger partial charge < -0.3 is 10.4 Å². The summed E-state index contributed by atoms with van der Waals surface area (Å²) in [6.45, 7) is 0. The van der Waals surface area contributed by atoms with Gasteiger partial charge in [0.25, 0.3) is 0 Å². The molecule has 2 N–H and O–H groups in total. The van der Waals surface area contributed by atoms with Crippen LogP contribution >= 0.6 is 0 Å². The molecule has 0 radical (unpaired) electrons. The van der Waals surface area contributed by atoms with Gasteiger partial charge in [-0.3, -0.25) is 4.79 Å². The van der Waals surface area contributed by atoms with Crippen LogP contribution in [0.2, 0.25) is 0 Å². The van der Waals surface area contributed by atoms with Gasteiger partial charge in [-0.25, -0.2) is 0 Å². The minimum absolute atomic E-state index is 0.131. The average molecular weight is 223 g/mol.